The van der Waals surface area contributed by atoms with Crippen molar-refractivity contribution in [2.75, 3.05) is 0 Å². The number of carbonyl (C=O) groups excluding carboxylic acids is 1. The lowest BCUT2D eigenvalue weighted by Crippen LogP contribution is -2.00. The van der Waals surface area contributed by atoms with E-state index in [9.17, 15) is 4.79 Å². The quantitative estimate of drug-likeness (QED) is 0.501. The van der Waals surface area contributed by atoms with Gasteiger partial charge < -0.3 is 0 Å². The van der Waals surface area contributed by atoms with Crippen LogP contribution in [0.3, 0.4) is 0 Å². The first-order valence-corrected chi connectivity index (χ1v) is 3.80. The zero-order valence-electron chi connectivity index (χ0n) is 6.17. The van der Waals surface area contributed by atoms with Gasteiger partial charge in [0.05, 0.1) is 0 Å². The average molecular weight is 170 g/mol. The third kappa shape index (κ3) is 1.77. The number of nitrogens with zero attached hydrogens (tertiary/aromatic N) is 1. The molecule has 2 nitrogen and oxygen atoms in total. The topological polar surface area (TPSA) is 30.0 Å². The first-order chi connectivity index (χ1) is 5.25. The van der Waals surface area contributed by atoms with Gasteiger partial charge in [-0.15, -0.1) is 11.6 Å². The molecule has 3 heteroatoms. The van der Waals surface area contributed by atoms with Crippen LogP contribution in [0.1, 0.15) is 23.0 Å². The van der Waals surface area contributed by atoms with Crippen LogP contribution in [-0.2, 0) is 5.88 Å². The van der Waals surface area contributed by atoms with Gasteiger partial charge in [-0.05, 0) is 11.6 Å². The van der Waals surface area contributed by atoms with Crippen LogP contribution >= 0.6 is 11.6 Å². The first kappa shape index (κ1) is 8.21. The van der Waals surface area contributed by atoms with Crippen molar-refractivity contribution in [3.63, 3.8) is 0 Å². The third-order valence-electron chi connectivity index (χ3n) is 1.37. The zero-order chi connectivity index (χ0) is 8.27. The van der Waals surface area contributed by atoms with Crippen molar-refractivity contribution in [1.82, 2.24) is 4.98 Å². The highest BCUT2D eigenvalue weighted by Crippen LogP contribution is 2.08. The number of pyridine rings is 1. The van der Waals surface area contributed by atoms with E-state index in [2.05, 4.69) is 4.98 Å². The molecule has 1 heterocycles. The fraction of sp³-hybridized carbons (Fsp3) is 0.250. The Bertz CT molecular complexity index is 273. The van der Waals surface area contributed by atoms with E-state index >= 15 is 0 Å². The van der Waals surface area contributed by atoms with Crippen molar-refractivity contribution in [3.8, 4) is 0 Å². The minimum atomic E-state index is -0.0405. The number of alkyl halides is 1. The Morgan fingerprint density at radius 3 is 2.91 bits per heavy atom. The smallest absolute Gasteiger partial charge is 0.178 e. The Hall–Kier alpha value is -0.890. The number of hydrogen-bond acceptors (Lipinski definition) is 2. The Morgan fingerprint density at radius 2 is 2.45 bits per heavy atom. The van der Waals surface area contributed by atoms with Crippen LogP contribution in [0.25, 0.3) is 0 Å². The highest BCUT2D eigenvalue weighted by Gasteiger charge is 2.05. The summed E-state index contributed by atoms with van der Waals surface area (Å²) in [5.41, 5.74) is 1.27. The van der Waals surface area contributed by atoms with Gasteiger partial charge >= 0.3 is 0 Å². The van der Waals surface area contributed by atoms with Crippen molar-refractivity contribution < 1.29 is 4.79 Å². The number of ketones is 1. The molecule has 0 spiro atoms. The van der Waals surface area contributed by atoms with Crippen LogP contribution in [0, 0.1) is 0 Å². The molecule has 0 unspecified atom stereocenters. The van der Waals surface area contributed by atoms with E-state index in [-0.39, 0.29) is 5.78 Å². The molecule has 11 heavy (non-hydrogen) atoms. The van der Waals surface area contributed by atoms with E-state index in [1.54, 1.807) is 18.3 Å². The SMILES string of the molecule is CC(=O)c1ncccc1CCl. The number of carbonyl (C=O) groups is 1. The molecule has 58 valence electrons. The highest BCUT2D eigenvalue weighted by molar-refractivity contribution is 6.17. The van der Waals surface area contributed by atoms with Crippen LogP contribution in [0.15, 0.2) is 18.3 Å². The molecule has 0 saturated heterocycles. The second-order valence-electron chi connectivity index (χ2n) is 2.20. The van der Waals surface area contributed by atoms with Gasteiger partial charge in [-0.1, -0.05) is 6.07 Å². The number of rotatable bonds is 2. The standard InChI is InChI=1S/C8H8ClNO/c1-6(11)8-7(5-9)3-2-4-10-8/h2-4H,5H2,1H3. The second-order valence-corrected chi connectivity index (χ2v) is 2.47. The molecular formula is C8H8ClNO. The van der Waals surface area contributed by atoms with Crippen LogP contribution in [-0.4, -0.2) is 10.8 Å². The third-order valence-corrected chi connectivity index (χ3v) is 1.66. The molecule has 0 aromatic carbocycles. The lowest BCUT2D eigenvalue weighted by Gasteiger charge is -1.99. The number of aromatic nitrogens is 1. The molecule has 0 aliphatic heterocycles. The van der Waals surface area contributed by atoms with E-state index in [4.69, 9.17) is 11.6 Å². The second kappa shape index (κ2) is 3.49. The predicted molar refractivity (Wildman–Crippen MR) is 43.8 cm³/mol. The lowest BCUT2D eigenvalue weighted by molar-refractivity contribution is 0.101. The van der Waals surface area contributed by atoms with Crippen LogP contribution in [0.4, 0.5) is 0 Å². The molecule has 0 atom stereocenters. The van der Waals surface area contributed by atoms with Gasteiger partial charge in [0.15, 0.2) is 5.78 Å². The summed E-state index contributed by atoms with van der Waals surface area (Å²) in [5.74, 6) is 0.296. The van der Waals surface area contributed by atoms with Crippen LogP contribution in [0.5, 0.6) is 0 Å². The highest BCUT2D eigenvalue weighted by atomic mass is 35.5. The number of hydrogen-bond donors (Lipinski definition) is 0. The van der Waals surface area contributed by atoms with E-state index in [1.165, 1.54) is 6.92 Å². The molecule has 0 fully saturated rings. The summed E-state index contributed by atoms with van der Waals surface area (Å²) in [6.07, 6.45) is 1.59. The average Bonchev–Trinajstić information content (AvgIpc) is 2.04. The fourth-order valence-electron chi connectivity index (χ4n) is 0.863. The van der Waals surface area contributed by atoms with Crippen molar-refractivity contribution in [1.29, 1.82) is 0 Å². The summed E-state index contributed by atoms with van der Waals surface area (Å²) in [6.45, 7) is 1.48. The summed E-state index contributed by atoms with van der Waals surface area (Å²) in [4.78, 5) is 14.8. The molecule has 0 bridgehead atoms. The van der Waals surface area contributed by atoms with Gasteiger partial charge in [0, 0.05) is 19.0 Å². The summed E-state index contributed by atoms with van der Waals surface area (Å²) >= 11 is 5.58. The molecule has 0 saturated carbocycles. The molecule has 0 radical (unpaired) electrons. The Kier molecular flexibility index (Phi) is 2.60. The van der Waals surface area contributed by atoms with Crippen molar-refractivity contribution in [2.24, 2.45) is 0 Å². The molecule has 1 aromatic rings. The monoisotopic (exact) mass is 169 g/mol. The molecular weight excluding hydrogens is 162 g/mol. The molecule has 0 N–H and O–H groups in total. The first-order valence-electron chi connectivity index (χ1n) is 3.26. The van der Waals surface area contributed by atoms with E-state index < -0.39 is 0 Å². The maximum absolute atomic E-state index is 10.9. The van der Waals surface area contributed by atoms with Crippen molar-refractivity contribution in [2.45, 2.75) is 12.8 Å². The van der Waals surface area contributed by atoms with Crippen molar-refractivity contribution in [3.05, 3.63) is 29.6 Å². The predicted octanol–water partition coefficient (Wildman–Crippen LogP) is 2.02. The van der Waals surface area contributed by atoms with Gasteiger partial charge in [-0.2, -0.15) is 0 Å². The van der Waals surface area contributed by atoms with E-state index in [1.807, 2.05) is 0 Å². The molecule has 1 rings (SSSR count). The maximum atomic E-state index is 10.9. The summed E-state index contributed by atoms with van der Waals surface area (Å²) in [7, 11) is 0. The van der Waals surface area contributed by atoms with Crippen LogP contribution < -0.4 is 0 Å². The summed E-state index contributed by atoms with van der Waals surface area (Å²) in [6, 6.07) is 3.57. The van der Waals surface area contributed by atoms with E-state index in [0.717, 1.165) is 5.56 Å². The largest absolute Gasteiger partial charge is 0.293 e. The summed E-state index contributed by atoms with van der Waals surface area (Å²) < 4.78 is 0. The Morgan fingerprint density at radius 1 is 1.73 bits per heavy atom. The van der Waals surface area contributed by atoms with Crippen molar-refractivity contribution >= 4 is 17.4 Å². The molecule has 0 aliphatic carbocycles. The van der Waals surface area contributed by atoms with E-state index in [0.29, 0.717) is 11.6 Å². The minimum absolute atomic E-state index is 0.0405. The fourth-order valence-corrected chi connectivity index (χ4v) is 1.08. The molecule has 0 amide bonds. The number of halogens is 1. The van der Waals surface area contributed by atoms with Gasteiger partial charge in [0.25, 0.3) is 0 Å². The maximum Gasteiger partial charge on any atom is 0.178 e. The summed E-state index contributed by atoms with van der Waals surface area (Å²) in [5, 5.41) is 0. The van der Waals surface area contributed by atoms with Gasteiger partial charge in [-0.25, -0.2) is 0 Å². The lowest BCUT2D eigenvalue weighted by atomic mass is 10.2. The normalized spacial score (nSPS) is 9.64. The van der Waals surface area contributed by atoms with Gasteiger partial charge in [-0.3, -0.25) is 9.78 Å². The Balaban J connectivity index is 3.12. The zero-order valence-corrected chi connectivity index (χ0v) is 6.93. The van der Waals surface area contributed by atoms with Crippen LogP contribution in [0.2, 0.25) is 0 Å². The number of Topliss-reactive ketones (excluding diaryl/α,β-unsaturated/α-hetero) is 1. The molecule has 1 aromatic heterocycles. The van der Waals surface area contributed by atoms with Gasteiger partial charge in [0.1, 0.15) is 5.69 Å². The van der Waals surface area contributed by atoms with Gasteiger partial charge in [0.2, 0.25) is 0 Å². The minimum Gasteiger partial charge on any atom is -0.293 e. The Labute approximate surface area is 70.2 Å². The molecule has 0 aliphatic rings.